The maximum atomic E-state index is 12.2. The molecule has 0 radical (unpaired) electrons. The van der Waals surface area contributed by atoms with Crippen LogP contribution in [-0.4, -0.2) is 41.4 Å². The molecule has 6 heteroatoms. The van der Waals surface area contributed by atoms with Crippen molar-refractivity contribution in [3.05, 3.63) is 0 Å². The monoisotopic (exact) mass is 292 g/mol. The molecule has 0 aliphatic carbocycles. The molecule has 2 unspecified atom stereocenters. The predicted octanol–water partition coefficient (Wildman–Crippen LogP) is 3.01. The van der Waals surface area contributed by atoms with Crippen LogP contribution in [0.25, 0.3) is 0 Å². The fraction of sp³-hybridized carbons (Fsp3) is 0.917. The van der Waals surface area contributed by atoms with Gasteiger partial charge >= 0.3 is 5.97 Å². The summed E-state index contributed by atoms with van der Waals surface area (Å²) in [4.78, 5) is 12.2. The molecule has 108 valence electrons. The molecule has 0 bridgehead atoms. The van der Waals surface area contributed by atoms with Crippen LogP contribution in [0.4, 0.5) is 0 Å². The maximum Gasteiger partial charge on any atom is 0.323 e. The summed E-state index contributed by atoms with van der Waals surface area (Å²) in [6.45, 7) is 16.5. The second-order valence-corrected chi connectivity index (χ2v) is 15.2. The van der Waals surface area contributed by atoms with E-state index in [0.717, 1.165) is 0 Å². The summed E-state index contributed by atoms with van der Waals surface area (Å²) in [6, 6.07) is 0. The number of hydrogen-bond acceptors (Lipinski definition) is 4. The van der Waals surface area contributed by atoms with Gasteiger partial charge in [-0.15, -0.1) is 0 Å². The van der Waals surface area contributed by atoms with Gasteiger partial charge in [0.05, 0.1) is 6.10 Å². The van der Waals surface area contributed by atoms with Crippen molar-refractivity contribution in [1.29, 1.82) is 0 Å². The highest BCUT2D eigenvalue weighted by Gasteiger charge is 2.35. The number of ether oxygens (including phenoxy) is 1. The van der Waals surface area contributed by atoms with Gasteiger partial charge in [-0.3, -0.25) is 4.79 Å². The summed E-state index contributed by atoms with van der Waals surface area (Å²) < 4.78 is 16.9. The molecular weight excluding hydrogens is 264 g/mol. The van der Waals surface area contributed by atoms with Crippen LogP contribution < -0.4 is 0 Å². The lowest BCUT2D eigenvalue weighted by atomic mass is 10.2. The lowest BCUT2D eigenvalue weighted by molar-refractivity contribution is -0.150. The molecule has 0 saturated heterocycles. The van der Waals surface area contributed by atoms with E-state index in [4.69, 9.17) is 13.6 Å². The fourth-order valence-electron chi connectivity index (χ4n) is 1.43. The molecule has 2 atom stereocenters. The highest BCUT2D eigenvalue weighted by Crippen LogP contribution is 2.16. The lowest BCUT2D eigenvalue weighted by Crippen LogP contribution is -2.47. The zero-order valence-electron chi connectivity index (χ0n) is 13.0. The van der Waals surface area contributed by atoms with Gasteiger partial charge in [-0.05, 0) is 53.1 Å². The summed E-state index contributed by atoms with van der Waals surface area (Å²) in [7, 11) is -3.71. The van der Waals surface area contributed by atoms with Crippen molar-refractivity contribution in [3.8, 4) is 0 Å². The molecule has 18 heavy (non-hydrogen) atoms. The van der Waals surface area contributed by atoms with E-state index in [0.29, 0.717) is 6.61 Å². The normalized spacial score (nSPS) is 16.2. The maximum absolute atomic E-state index is 12.2. The molecule has 0 rings (SSSR count). The van der Waals surface area contributed by atoms with Crippen molar-refractivity contribution in [2.24, 2.45) is 0 Å². The Morgan fingerprint density at radius 1 is 1.06 bits per heavy atom. The van der Waals surface area contributed by atoms with Gasteiger partial charge < -0.3 is 13.6 Å². The first-order chi connectivity index (χ1) is 7.96. The van der Waals surface area contributed by atoms with Crippen molar-refractivity contribution in [1.82, 2.24) is 0 Å². The Labute approximate surface area is 113 Å². The first-order valence-corrected chi connectivity index (χ1v) is 13.3. The fourth-order valence-corrected chi connectivity index (χ4v) is 3.20. The van der Waals surface area contributed by atoms with Crippen LogP contribution in [0.2, 0.25) is 39.3 Å². The van der Waals surface area contributed by atoms with E-state index in [-0.39, 0.29) is 12.1 Å². The Morgan fingerprint density at radius 3 is 1.89 bits per heavy atom. The molecule has 0 aliphatic heterocycles. The van der Waals surface area contributed by atoms with Gasteiger partial charge in [0.2, 0.25) is 8.32 Å². The number of carbonyl (C=O) groups excluding carboxylic acids is 1. The van der Waals surface area contributed by atoms with E-state index in [1.807, 2.05) is 33.5 Å². The number of rotatable bonds is 7. The number of hydrogen-bond donors (Lipinski definition) is 0. The summed E-state index contributed by atoms with van der Waals surface area (Å²) in [6.07, 6.45) is -0.881. The van der Waals surface area contributed by atoms with Crippen LogP contribution in [0.15, 0.2) is 0 Å². The predicted molar refractivity (Wildman–Crippen MR) is 78.7 cm³/mol. The van der Waals surface area contributed by atoms with Crippen molar-refractivity contribution >= 4 is 22.6 Å². The molecule has 0 heterocycles. The minimum atomic E-state index is -1.90. The molecule has 0 N–H and O–H groups in total. The zero-order chi connectivity index (χ0) is 14.6. The second-order valence-electron chi connectivity index (χ2n) is 6.34. The molecule has 0 amide bonds. The molecule has 0 aliphatic rings. The van der Waals surface area contributed by atoms with Crippen LogP contribution >= 0.6 is 0 Å². The minimum Gasteiger partial charge on any atom is -0.518 e. The van der Waals surface area contributed by atoms with Crippen LogP contribution in [0.5, 0.6) is 0 Å². The standard InChI is InChI=1S/C12H28O4Si2/c1-9-14-10(2)11(15-17(3,4)5)12(13)16-18(6,7)8/h10-11H,9H2,1-8H3. The van der Waals surface area contributed by atoms with E-state index in [1.165, 1.54) is 0 Å². The van der Waals surface area contributed by atoms with Gasteiger partial charge in [0, 0.05) is 6.61 Å². The van der Waals surface area contributed by atoms with E-state index >= 15 is 0 Å². The average molecular weight is 293 g/mol. The van der Waals surface area contributed by atoms with Gasteiger partial charge in [-0.25, -0.2) is 0 Å². The summed E-state index contributed by atoms with van der Waals surface area (Å²) in [5.74, 6) is -0.280. The van der Waals surface area contributed by atoms with Crippen LogP contribution in [0.1, 0.15) is 13.8 Å². The summed E-state index contributed by atoms with van der Waals surface area (Å²) in [5.41, 5.74) is 0. The van der Waals surface area contributed by atoms with E-state index in [9.17, 15) is 4.79 Å². The van der Waals surface area contributed by atoms with Crippen LogP contribution in [-0.2, 0) is 18.4 Å². The lowest BCUT2D eigenvalue weighted by Gasteiger charge is -2.31. The third-order valence-electron chi connectivity index (χ3n) is 1.98. The molecule has 0 fully saturated rings. The van der Waals surface area contributed by atoms with Crippen molar-refractivity contribution in [2.75, 3.05) is 6.61 Å². The first-order valence-electron chi connectivity index (χ1n) is 6.48. The highest BCUT2D eigenvalue weighted by atomic mass is 28.4. The Hall–Kier alpha value is -0.176. The second kappa shape index (κ2) is 6.84. The molecule has 0 aromatic carbocycles. The van der Waals surface area contributed by atoms with Crippen LogP contribution in [0.3, 0.4) is 0 Å². The molecular formula is C12H28O4Si2. The third-order valence-corrected chi connectivity index (χ3v) is 3.75. The van der Waals surface area contributed by atoms with Gasteiger partial charge in [0.1, 0.15) is 0 Å². The quantitative estimate of drug-likeness (QED) is 0.677. The average Bonchev–Trinajstić information content (AvgIpc) is 2.10. The summed E-state index contributed by atoms with van der Waals surface area (Å²) in [5, 5.41) is 0. The Balaban J connectivity index is 4.80. The smallest absolute Gasteiger partial charge is 0.323 e. The molecule has 0 spiro atoms. The highest BCUT2D eigenvalue weighted by molar-refractivity contribution is 6.71. The van der Waals surface area contributed by atoms with Gasteiger partial charge in [-0.1, -0.05) is 0 Å². The van der Waals surface area contributed by atoms with Crippen molar-refractivity contribution < 1.29 is 18.4 Å². The van der Waals surface area contributed by atoms with Gasteiger partial charge in [0.25, 0.3) is 0 Å². The van der Waals surface area contributed by atoms with Gasteiger partial charge in [-0.2, -0.15) is 0 Å². The largest absolute Gasteiger partial charge is 0.518 e. The van der Waals surface area contributed by atoms with Crippen molar-refractivity contribution in [2.45, 2.75) is 65.3 Å². The minimum absolute atomic E-state index is 0.273. The van der Waals surface area contributed by atoms with Gasteiger partial charge in [0.15, 0.2) is 14.4 Å². The Kier molecular flexibility index (Phi) is 6.77. The molecule has 0 aromatic rings. The molecule has 4 nitrogen and oxygen atoms in total. The van der Waals surface area contributed by atoms with Crippen molar-refractivity contribution in [3.63, 3.8) is 0 Å². The van der Waals surface area contributed by atoms with E-state index in [2.05, 4.69) is 19.6 Å². The zero-order valence-corrected chi connectivity index (χ0v) is 15.0. The SMILES string of the molecule is CCOC(C)C(O[Si](C)(C)C)C(=O)O[Si](C)(C)C. The summed E-state index contributed by atoms with van der Waals surface area (Å²) >= 11 is 0. The topological polar surface area (TPSA) is 44.8 Å². The molecule has 0 saturated carbocycles. The van der Waals surface area contributed by atoms with E-state index in [1.54, 1.807) is 0 Å². The Bertz CT molecular complexity index is 268. The molecule has 0 aromatic heterocycles. The third kappa shape index (κ3) is 8.02. The van der Waals surface area contributed by atoms with Crippen LogP contribution in [0, 0.1) is 0 Å². The number of carbonyl (C=O) groups is 1. The van der Waals surface area contributed by atoms with E-state index < -0.39 is 22.7 Å². The first kappa shape index (κ1) is 17.8. The Morgan fingerprint density at radius 2 is 1.56 bits per heavy atom.